The number of aromatic nitrogens is 3. The van der Waals surface area contributed by atoms with Crippen molar-refractivity contribution in [2.45, 2.75) is 78.7 Å². The Morgan fingerprint density at radius 2 is 1.94 bits per heavy atom. The third-order valence-corrected chi connectivity index (χ3v) is 3.39. The van der Waals surface area contributed by atoms with Crippen LogP contribution in [0.25, 0.3) is 0 Å². The molecule has 1 aromatic rings. The summed E-state index contributed by atoms with van der Waals surface area (Å²) in [5.41, 5.74) is 1.31. The van der Waals surface area contributed by atoms with Crippen molar-refractivity contribution in [1.29, 1.82) is 0 Å². The van der Waals surface area contributed by atoms with Gasteiger partial charge in [-0.15, -0.1) is 5.10 Å². The Bertz CT molecular complexity index is 304. The van der Waals surface area contributed by atoms with Crippen LogP contribution in [0, 0.1) is 5.92 Å². The van der Waals surface area contributed by atoms with Crippen LogP contribution in [0.5, 0.6) is 0 Å². The van der Waals surface area contributed by atoms with Crippen LogP contribution in [-0.4, -0.2) is 15.0 Å². The molecule has 0 saturated heterocycles. The van der Waals surface area contributed by atoms with Crippen molar-refractivity contribution in [2.24, 2.45) is 5.92 Å². The maximum Gasteiger partial charge on any atom is 0.0725 e. The van der Waals surface area contributed by atoms with Gasteiger partial charge in [0.2, 0.25) is 0 Å². The molecule has 1 heterocycles. The Morgan fingerprint density at radius 1 is 1.11 bits per heavy atom. The molecule has 1 rings (SSSR count). The van der Waals surface area contributed by atoms with Gasteiger partial charge in [0.1, 0.15) is 0 Å². The summed E-state index contributed by atoms with van der Waals surface area (Å²) in [6, 6.07) is 0. The van der Waals surface area contributed by atoms with Gasteiger partial charge >= 0.3 is 0 Å². The highest BCUT2D eigenvalue weighted by Gasteiger charge is 2.03. The first-order chi connectivity index (χ1) is 8.74. The zero-order valence-corrected chi connectivity index (χ0v) is 12.4. The summed E-state index contributed by atoms with van der Waals surface area (Å²) in [6.45, 7) is 7.87. The summed E-state index contributed by atoms with van der Waals surface area (Å²) >= 11 is 0. The normalized spacial score (nSPS) is 11.3. The molecule has 0 aliphatic carbocycles. The van der Waals surface area contributed by atoms with E-state index < -0.39 is 0 Å². The van der Waals surface area contributed by atoms with Gasteiger partial charge in [-0.1, -0.05) is 58.1 Å². The third kappa shape index (κ3) is 6.18. The molecule has 0 fully saturated rings. The molecule has 1 aromatic heterocycles. The van der Waals surface area contributed by atoms with E-state index in [1.165, 1.54) is 50.6 Å². The Balaban J connectivity index is 2.19. The lowest BCUT2D eigenvalue weighted by molar-refractivity contribution is 0.477. The monoisotopic (exact) mass is 251 g/mol. The van der Waals surface area contributed by atoms with Gasteiger partial charge in [0.05, 0.1) is 11.9 Å². The minimum Gasteiger partial charge on any atom is -0.249 e. The van der Waals surface area contributed by atoms with E-state index in [4.69, 9.17) is 0 Å². The molecule has 0 radical (unpaired) electrons. The molecular weight excluding hydrogens is 222 g/mol. The highest BCUT2D eigenvalue weighted by molar-refractivity contribution is 4.93. The molecule has 18 heavy (non-hydrogen) atoms. The molecule has 0 saturated carbocycles. The second kappa shape index (κ2) is 9.12. The summed E-state index contributed by atoms with van der Waals surface area (Å²) in [7, 11) is 0. The number of nitrogens with zero attached hydrogens (tertiary/aromatic N) is 3. The van der Waals surface area contributed by atoms with Gasteiger partial charge < -0.3 is 0 Å². The summed E-state index contributed by atoms with van der Waals surface area (Å²) in [4.78, 5) is 0. The predicted molar refractivity (Wildman–Crippen MR) is 76.6 cm³/mol. The van der Waals surface area contributed by atoms with Crippen LogP contribution in [-0.2, 0) is 13.0 Å². The number of hydrogen-bond donors (Lipinski definition) is 0. The number of hydrogen-bond acceptors (Lipinski definition) is 2. The molecule has 0 aromatic carbocycles. The number of unbranched alkanes of at least 4 members (excludes halogenated alkanes) is 4. The highest BCUT2D eigenvalue weighted by atomic mass is 15.4. The fraction of sp³-hybridized carbons (Fsp3) is 0.867. The molecule has 0 aliphatic rings. The van der Waals surface area contributed by atoms with E-state index in [1.807, 2.05) is 6.20 Å². The molecule has 0 atom stereocenters. The molecule has 0 unspecified atom stereocenters. The summed E-state index contributed by atoms with van der Waals surface area (Å²) in [6.07, 6.45) is 12.1. The maximum atomic E-state index is 4.19. The lowest BCUT2D eigenvalue weighted by Gasteiger charge is -2.07. The van der Waals surface area contributed by atoms with Crippen LogP contribution in [0.3, 0.4) is 0 Å². The second-order valence-corrected chi connectivity index (χ2v) is 5.65. The average molecular weight is 251 g/mol. The van der Waals surface area contributed by atoms with Gasteiger partial charge in [-0.2, -0.15) is 0 Å². The first-order valence-electron chi connectivity index (χ1n) is 7.61. The predicted octanol–water partition coefficient (Wildman–Crippen LogP) is 4.23. The van der Waals surface area contributed by atoms with E-state index in [9.17, 15) is 0 Å². The van der Waals surface area contributed by atoms with Crippen LogP contribution in [0.1, 0.15) is 71.4 Å². The molecule has 3 nitrogen and oxygen atoms in total. The van der Waals surface area contributed by atoms with Crippen molar-refractivity contribution >= 4 is 0 Å². The van der Waals surface area contributed by atoms with Gasteiger partial charge in [0, 0.05) is 6.54 Å². The molecular formula is C15H29N3. The first-order valence-corrected chi connectivity index (χ1v) is 7.61. The lowest BCUT2D eigenvalue weighted by atomic mass is 10.1. The second-order valence-electron chi connectivity index (χ2n) is 5.65. The first kappa shape index (κ1) is 15.2. The van der Waals surface area contributed by atoms with E-state index in [-0.39, 0.29) is 0 Å². The summed E-state index contributed by atoms with van der Waals surface area (Å²) in [5.74, 6) is 0.834. The molecule has 104 valence electrons. The minimum atomic E-state index is 0.834. The van der Waals surface area contributed by atoms with Gasteiger partial charge in [0.15, 0.2) is 0 Å². The number of rotatable bonds is 10. The van der Waals surface area contributed by atoms with E-state index in [0.29, 0.717) is 0 Å². The van der Waals surface area contributed by atoms with Crippen molar-refractivity contribution in [3.63, 3.8) is 0 Å². The van der Waals surface area contributed by atoms with Crippen LogP contribution in [0.15, 0.2) is 6.20 Å². The van der Waals surface area contributed by atoms with Crippen LogP contribution in [0.4, 0.5) is 0 Å². The fourth-order valence-electron chi connectivity index (χ4n) is 2.21. The van der Waals surface area contributed by atoms with Crippen LogP contribution < -0.4 is 0 Å². The lowest BCUT2D eigenvalue weighted by Crippen LogP contribution is -2.05. The third-order valence-electron chi connectivity index (χ3n) is 3.39. The van der Waals surface area contributed by atoms with Gasteiger partial charge in [0.25, 0.3) is 0 Å². The zero-order chi connectivity index (χ0) is 13.2. The average Bonchev–Trinajstić information content (AvgIpc) is 2.76. The molecule has 0 amide bonds. The SMILES string of the molecule is CCCCCc1cnnn1CCCCCC(C)C. The van der Waals surface area contributed by atoms with Gasteiger partial charge in [-0.3, -0.25) is 0 Å². The highest BCUT2D eigenvalue weighted by Crippen LogP contribution is 2.10. The molecule has 0 aliphatic heterocycles. The minimum absolute atomic E-state index is 0.834. The largest absolute Gasteiger partial charge is 0.249 e. The van der Waals surface area contributed by atoms with E-state index >= 15 is 0 Å². The van der Waals surface area contributed by atoms with Crippen LogP contribution >= 0.6 is 0 Å². The van der Waals surface area contributed by atoms with Gasteiger partial charge in [-0.05, 0) is 25.2 Å². The van der Waals surface area contributed by atoms with Crippen LogP contribution in [0.2, 0.25) is 0 Å². The topological polar surface area (TPSA) is 30.7 Å². The van der Waals surface area contributed by atoms with Crippen molar-refractivity contribution in [3.8, 4) is 0 Å². The molecule has 0 N–H and O–H groups in total. The molecule has 3 heteroatoms. The zero-order valence-electron chi connectivity index (χ0n) is 12.4. The Hall–Kier alpha value is -0.860. The van der Waals surface area contributed by atoms with E-state index in [2.05, 4.69) is 35.8 Å². The number of aryl methyl sites for hydroxylation is 2. The van der Waals surface area contributed by atoms with E-state index in [0.717, 1.165) is 18.9 Å². The Morgan fingerprint density at radius 3 is 2.67 bits per heavy atom. The standard InChI is InChI=1S/C15H29N3/c1-4-5-7-11-15-13-16-17-18(15)12-9-6-8-10-14(2)3/h13-14H,4-12H2,1-3H3. The Kier molecular flexibility index (Phi) is 7.70. The molecule has 0 bridgehead atoms. The van der Waals surface area contributed by atoms with E-state index in [1.54, 1.807) is 0 Å². The van der Waals surface area contributed by atoms with Crippen molar-refractivity contribution in [1.82, 2.24) is 15.0 Å². The van der Waals surface area contributed by atoms with Crippen molar-refractivity contribution < 1.29 is 0 Å². The molecule has 0 spiro atoms. The van der Waals surface area contributed by atoms with Gasteiger partial charge in [-0.25, -0.2) is 4.68 Å². The van der Waals surface area contributed by atoms with Crippen molar-refractivity contribution in [3.05, 3.63) is 11.9 Å². The summed E-state index contributed by atoms with van der Waals surface area (Å²) < 4.78 is 2.10. The smallest absolute Gasteiger partial charge is 0.0725 e. The summed E-state index contributed by atoms with van der Waals surface area (Å²) in [5, 5.41) is 8.24. The maximum absolute atomic E-state index is 4.19. The van der Waals surface area contributed by atoms with Crippen molar-refractivity contribution in [2.75, 3.05) is 0 Å². The fourth-order valence-corrected chi connectivity index (χ4v) is 2.21. The Labute approximate surface area is 112 Å². The quantitative estimate of drug-likeness (QED) is 0.583.